The summed E-state index contributed by atoms with van der Waals surface area (Å²) in [4.78, 5) is 28.3. The van der Waals surface area contributed by atoms with E-state index in [1.807, 2.05) is 77.0 Å². The van der Waals surface area contributed by atoms with Crippen LogP contribution in [0.3, 0.4) is 0 Å². The number of carbonyl (C=O) groups excluding carboxylic acids is 2. The van der Waals surface area contributed by atoms with Gasteiger partial charge in [0.2, 0.25) is 5.91 Å². The maximum Gasteiger partial charge on any atom is 0.326 e. The predicted octanol–water partition coefficient (Wildman–Crippen LogP) is 2.82. The van der Waals surface area contributed by atoms with Crippen molar-refractivity contribution in [2.45, 2.75) is 33.3 Å². The van der Waals surface area contributed by atoms with Gasteiger partial charge in [-0.2, -0.15) is 0 Å². The van der Waals surface area contributed by atoms with Crippen molar-refractivity contribution in [3.63, 3.8) is 0 Å². The fourth-order valence-corrected chi connectivity index (χ4v) is 2.18. The molecule has 0 fully saturated rings. The fourth-order valence-electron chi connectivity index (χ4n) is 2.18. The Hall–Kier alpha value is -2.14. The Morgan fingerprint density at radius 2 is 1.68 bits per heavy atom. The predicted molar refractivity (Wildman–Crippen MR) is 101 cm³/mol. The molecule has 138 valence electrons. The summed E-state index contributed by atoms with van der Waals surface area (Å²) in [5.41, 5.74) is 1.29. The number of amides is 1. The summed E-state index contributed by atoms with van der Waals surface area (Å²) < 4.78 is 5.35. The van der Waals surface area contributed by atoms with Crippen molar-refractivity contribution in [1.29, 1.82) is 0 Å². The molecule has 0 aliphatic carbocycles. The van der Waals surface area contributed by atoms with Gasteiger partial charge in [0, 0.05) is 19.2 Å². The molecule has 5 nitrogen and oxygen atoms in total. The lowest BCUT2D eigenvalue weighted by Crippen LogP contribution is -2.41. The molecule has 0 atom stereocenters. The van der Waals surface area contributed by atoms with E-state index in [9.17, 15) is 9.59 Å². The number of carbonyl (C=O) groups is 2. The van der Waals surface area contributed by atoms with Gasteiger partial charge in [0.25, 0.3) is 0 Å². The van der Waals surface area contributed by atoms with Gasteiger partial charge in [0.05, 0.1) is 0 Å². The number of esters is 1. The second-order valence-electron chi connectivity index (χ2n) is 7.34. The lowest BCUT2D eigenvalue weighted by Gasteiger charge is -2.25. The maximum atomic E-state index is 12.7. The zero-order chi connectivity index (χ0) is 19.0. The maximum absolute atomic E-state index is 12.7. The number of ether oxygens (including phenoxy) is 1. The molecule has 0 aromatic heterocycles. The van der Waals surface area contributed by atoms with E-state index < -0.39 is 11.6 Å². The van der Waals surface area contributed by atoms with Gasteiger partial charge < -0.3 is 14.5 Å². The van der Waals surface area contributed by atoms with Crippen molar-refractivity contribution < 1.29 is 14.3 Å². The van der Waals surface area contributed by atoms with E-state index >= 15 is 0 Å². The van der Waals surface area contributed by atoms with E-state index in [-0.39, 0.29) is 12.5 Å². The van der Waals surface area contributed by atoms with Crippen molar-refractivity contribution in [3.8, 4) is 0 Å². The highest BCUT2D eigenvalue weighted by Crippen LogP contribution is 2.14. The highest BCUT2D eigenvalue weighted by atomic mass is 16.6. The van der Waals surface area contributed by atoms with Gasteiger partial charge in [-0.05, 0) is 52.9 Å². The third kappa shape index (κ3) is 8.49. The van der Waals surface area contributed by atoms with Crippen LogP contribution in [0.15, 0.2) is 36.4 Å². The molecule has 0 unspecified atom stereocenters. The molecule has 0 radical (unpaired) electrons. The summed E-state index contributed by atoms with van der Waals surface area (Å²) in [6, 6.07) is 9.71. The smallest absolute Gasteiger partial charge is 0.326 e. The Labute approximate surface area is 151 Å². The van der Waals surface area contributed by atoms with Crippen molar-refractivity contribution in [1.82, 2.24) is 9.80 Å². The van der Waals surface area contributed by atoms with Crippen LogP contribution in [-0.2, 0) is 14.3 Å². The van der Waals surface area contributed by atoms with Gasteiger partial charge in [-0.1, -0.05) is 30.3 Å². The Bertz CT molecular complexity index is 601. The molecule has 5 heteroatoms. The summed E-state index contributed by atoms with van der Waals surface area (Å²) in [5, 5.41) is 0. The Morgan fingerprint density at radius 3 is 2.20 bits per heavy atom. The largest absolute Gasteiger partial charge is 0.459 e. The first-order valence-electron chi connectivity index (χ1n) is 8.47. The number of rotatable bonds is 7. The standard InChI is InChI=1S/C20H30N2O3/c1-16(17-10-8-7-9-11-17)14-18(23)22(13-12-21(5)6)15-19(24)25-20(2,3)4/h7-11,14H,12-13,15H2,1-6H3/b16-14+. The number of likely N-dealkylation sites (N-methyl/N-ethyl adjacent to an activating group) is 1. The Kier molecular flexibility index (Phi) is 7.84. The molecule has 0 aliphatic rings. The molecule has 1 aromatic carbocycles. The third-order valence-corrected chi connectivity index (χ3v) is 3.44. The highest BCUT2D eigenvalue weighted by Gasteiger charge is 2.21. The van der Waals surface area contributed by atoms with Gasteiger partial charge in [-0.3, -0.25) is 9.59 Å². The lowest BCUT2D eigenvalue weighted by atomic mass is 10.1. The van der Waals surface area contributed by atoms with E-state index in [1.54, 1.807) is 6.08 Å². The number of hydrogen-bond acceptors (Lipinski definition) is 4. The van der Waals surface area contributed by atoms with Gasteiger partial charge in [-0.25, -0.2) is 0 Å². The van der Waals surface area contributed by atoms with E-state index in [4.69, 9.17) is 4.74 Å². The molecule has 0 aliphatic heterocycles. The fraction of sp³-hybridized carbons (Fsp3) is 0.500. The number of nitrogens with zero attached hydrogens (tertiary/aromatic N) is 2. The van der Waals surface area contributed by atoms with Crippen LogP contribution in [0.25, 0.3) is 5.57 Å². The average Bonchev–Trinajstić information content (AvgIpc) is 2.50. The summed E-state index contributed by atoms with van der Waals surface area (Å²) in [7, 11) is 3.86. The Morgan fingerprint density at radius 1 is 1.08 bits per heavy atom. The molecule has 25 heavy (non-hydrogen) atoms. The summed E-state index contributed by atoms with van der Waals surface area (Å²) >= 11 is 0. The van der Waals surface area contributed by atoms with Crippen molar-refractivity contribution in [3.05, 3.63) is 42.0 Å². The molecule has 1 aromatic rings. The molecule has 1 rings (SSSR count). The average molecular weight is 346 g/mol. The van der Waals surface area contributed by atoms with Crippen molar-refractivity contribution >= 4 is 17.4 Å². The third-order valence-electron chi connectivity index (χ3n) is 3.44. The first-order chi connectivity index (χ1) is 11.6. The van der Waals surface area contributed by atoms with E-state index in [0.717, 1.165) is 11.1 Å². The number of benzene rings is 1. The Balaban J connectivity index is 2.87. The molecule has 0 spiro atoms. The molecule has 0 heterocycles. The minimum Gasteiger partial charge on any atom is -0.459 e. The molecule has 0 saturated carbocycles. The second kappa shape index (κ2) is 9.37. The summed E-state index contributed by atoms with van der Waals surface area (Å²) in [5.74, 6) is -0.584. The van der Waals surface area contributed by atoms with Crippen LogP contribution >= 0.6 is 0 Å². The minimum atomic E-state index is -0.566. The van der Waals surface area contributed by atoms with Crippen LogP contribution in [-0.4, -0.2) is 61.0 Å². The van der Waals surface area contributed by atoms with Crippen LogP contribution in [0.1, 0.15) is 33.3 Å². The van der Waals surface area contributed by atoms with Crippen molar-refractivity contribution in [2.75, 3.05) is 33.7 Å². The molecule has 0 N–H and O–H groups in total. The van der Waals surface area contributed by atoms with Gasteiger partial charge in [-0.15, -0.1) is 0 Å². The number of hydrogen-bond donors (Lipinski definition) is 0. The number of allylic oxidation sites excluding steroid dienone is 1. The molecular weight excluding hydrogens is 316 g/mol. The quantitative estimate of drug-likeness (QED) is 0.563. The first kappa shape index (κ1) is 20.9. The highest BCUT2D eigenvalue weighted by molar-refractivity contribution is 5.96. The summed E-state index contributed by atoms with van der Waals surface area (Å²) in [6.07, 6.45) is 1.58. The van der Waals surface area contributed by atoms with Crippen LogP contribution in [0.4, 0.5) is 0 Å². The van der Waals surface area contributed by atoms with Gasteiger partial charge in [0.1, 0.15) is 12.1 Å². The van der Waals surface area contributed by atoms with Gasteiger partial charge in [0.15, 0.2) is 0 Å². The topological polar surface area (TPSA) is 49.9 Å². The molecular formula is C20H30N2O3. The van der Waals surface area contributed by atoms with E-state index in [2.05, 4.69) is 0 Å². The monoisotopic (exact) mass is 346 g/mol. The normalized spacial score (nSPS) is 12.2. The van der Waals surface area contributed by atoms with E-state index in [0.29, 0.717) is 13.1 Å². The zero-order valence-corrected chi connectivity index (χ0v) is 16.2. The molecule has 0 bridgehead atoms. The zero-order valence-electron chi connectivity index (χ0n) is 16.2. The van der Waals surface area contributed by atoms with Crippen LogP contribution in [0.5, 0.6) is 0 Å². The van der Waals surface area contributed by atoms with Crippen molar-refractivity contribution in [2.24, 2.45) is 0 Å². The van der Waals surface area contributed by atoms with Crippen LogP contribution in [0.2, 0.25) is 0 Å². The summed E-state index contributed by atoms with van der Waals surface area (Å²) in [6.45, 7) is 8.42. The second-order valence-corrected chi connectivity index (χ2v) is 7.34. The first-order valence-corrected chi connectivity index (χ1v) is 8.47. The van der Waals surface area contributed by atoms with Gasteiger partial charge >= 0.3 is 5.97 Å². The van der Waals surface area contributed by atoms with E-state index in [1.165, 1.54) is 4.90 Å². The molecule has 1 amide bonds. The lowest BCUT2D eigenvalue weighted by molar-refractivity contribution is -0.158. The SMILES string of the molecule is C/C(=C\C(=O)N(CCN(C)C)CC(=O)OC(C)(C)C)c1ccccc1. The van der Waals surface area contributed by atoms with Crippen LogP contribution in [0, 0.1) is 0 Å². The molecule has 0 saturated heterocycles. The van der Waals surface area contributed by atoms with Crippen LogP contribution < -0.4 is 0 Å². The minimum absolute atomic E-state index is 0.0531.